The van der Waals surface area contributed by atoms with Gasteiger partial charge in [0.15, 0.2) is 0 Å². The fourth-order valence-corrected chi connectivity index (χ4v) is 2.86. The predicted octanol–water partition coefficient (Wildman–Crippen LogP) is 3.87. The number of pyridine rings is 1. The van der Waals surface area contributed by atoms with E-state index in [0.29, 0.717) is 6.04 Å². The maximum Gasteiger partial charge on any atom is 0.0605 e. The van der Waals surface area contributed by atoms with Crippen LogP contribution in [-0.4, -0.2) is 11.5 Å². The van der Waals surface area contributed by atoms with Crippen LogP contribution in [0.1, 0.15) is 63.3 Å². The molecule has 2 rings (SSSR count). The fourth-order valence-electron chi connectivity index (χ4n) is 2.86. The Hall–Kier alpha value is -0.890. The Morgan fingerprint density at radius 2 is 2.33 bits per heavy atom. The molecule has 0 spiro atoms. The summed E-state index contributed by atoms with van der Waals surface area (Å²) in [5.74, 6) is 0.831. The molecular weight excluding hydrogens is 220 g/mol. The van der Waals surface area contributed by atoms with Crippen molar-refractivity contribution < 1.29 is 0 Å². The van der Waals surface area contributed by atoms with Gasteiger partial charge in [-0.3, -0.25) is 4.98 Å². The van der Waals surface area contributed by atoms with Gasteiger partial charge in [-0.15, -0.1) is 0 Å². The van der Waals surface area contributed by atoms with Crippen LogP contribution in [0, 0.1) is 5.92 Å². The van der Waals surface area contributed by atoms with Crippen LogP contribution in [0.3, 0.4) is 0 Å². The second-order valence-electron chi connectivity index (χ2n) is 5.46. The highest BCUT2D eigenvalue weighted by molar-refractivity contribution is 5.27. The summed E-state index contributed by atoms with van der Waals surface area (Å²) in [6.07, 6.45) is 9.65. The summed E-state index contributed by atoms with van der Waals surface area (Å²) in [5.41, 5.74) is 2.74. The van der Waals surface area contributed by atoms with Crippen LogP contribution in [0.2, 0.25) is 0 Å². The average Bonchev–Trinajstić information content (AvgIpc) is 2.82. The number of nitrogens with one attached hydrogen (secondary N) is 1. The van der Waals surface area contributed by atoms with E-state index in [1.807, 2.05) is 6.20 Å². The van der Waals surface area contributed by atoms with Crippen LogP contribution >= 0.6 is 0 Å². The van der Waals surface area contributed by atoms with Gasteiger partial charge < -0.3 is 5.32 Å². The van der Waals surface area contributed by atoms with Gasteiger partial charge in [0, 0.05) is 6.20 Å². The van der Waals surface area contributed by atoms with Crippen molar-refractivity contribution in [3.8, 4) is 0 Å². The number of hydrogen-bond acceptors (Lipinski definition) is 2. The Morgan fingerprint density at radius 1 is 1.44 bits per heavy atom. The fraction of sp³-hybridized carbons (Fsp3) is 0.688. The summed E-state index contributed by atoms with van der Waals surface area (Å²) in [6, 6.07) is 4.77. The van der Waals surface area contributed by atoms with E-state index in [-0.39, 0.29) is 0 Å². The molecule has 100 valence electrons. The van der Waals surface area contributed by atoms with Gasteiger partial charge in [-0.1, -0.05) is 39.2 Å². The molecular formula is C16H26N2. The van der Waals surface area contributed by atoms with Gasteiger partial charge in [0.25, 0.3) is 0 Å². The Morgan fingerprint density at radius 3 is 3.11 bits per heavy atom. The number of fused-ring (bicyclic) bond motifs is 1. The van der Waals surface area contributed by atoms with Crippen molar-refractivity contribution in [3.63, 3.8) is 0 Å². The molecule has 0 aliphatic heterocycles. The van der Waals surface area contributed by atoms with Crippen molar-refractivity contribution >= 4 is 0 Å². The molecule has 0 saturated heterocycles. The largest absolute Gasteiger partial charge is 0.308 e. The van der Waals surface area contributed by atoms with Crippen molar-refractivity contribution in [2.75, 3.05) is 6.54 Å². The van der Waals surface area contributed by atoms with Gasteiger partial charge in [-0.2, -0.15) is 0 Å². The third-order valence-corrected chi connectivity index (χ3v) is 4.15. The van der Waals surface area contributed by atoms with Crippen LogP contribution in [0.15, 0.2) is 18.3 Å². The number of hydrogen-bond donors (Lipinski definition) is 1. The van der Waals surface area contributed by atoms with Crippen molar-refractivity contribution in [3.05, 3.63) is 29.6 Å². The molecule has 18 heavy (non-hydrogen) atoms. The first kappa shape index (κ1) is 13.5. The predicted molar refractivity (Wildman–Crippen MR) is 76.6 cm³/mol. The van der Waals surface area contributed by atoms with Gasteiger partial charge in [-0.05, 0) is 43.4 Å². The number of aromatic nitrogens is 1. The first-order valence-corrected chi connectivity index (χ1v) is 7.52. The maximum atomic E-state index is 4.54. The molecule has 2 nitrogen and oxygen atoms in total. The molecule has 0 radical (unpaired) electrons. The molecule has 0 bridgehead atoms. The Labute approximate surface area is 111 Å². The average molecular weight is 246 g/mol. The summed E-state index contributed by atoms with van der Waals surface area (Å²) in [7, 11) is 0. The van der Waals surface area contributed by atoms with Gasteiger partial charge >= 0.3 is 0 Å². The smallest absolute Gasteiger partial charge is 0.0605 e. The standard InChI is InChI=1S/C16H26N2/c1-3-5-7-13(4-2)12-18-15-10-9-14-8-6-11-17-16(14)15/h6,8,11,13,15,18H,3-5,7,9-10,12H2,1-2H3. The van der Waals surface area contributed by atoms with E-state index in [2.05, 4.69) is 36.3 Å². The second-order valence-corrected chi connectivity index (χ2v) is 5.46. The van der Waals surface area contributed by atoms with Crippen molar-refractivity contribution in [2.24, 2.45) is 5.92 Å². The number of rotatable bonds is 7. The highest BCUT2D eigenvalue weighted by Crippen LogP contribution is 2.29. The molecule has 1 aromatic heterocycles. The minimum absolute atomic E-state index is 0.497. The minimum Gasteiger partial charge on any atom is -0.308 e. The quantitative estimate of drug-likeness (QED) is 0.790. The lowest BCUT2D eigenvalue weighted by atomic mass is 9.99. The molecule has 0 aromatic carbocycles. The van der Waals surface area contributed by atoms with E-state index in [4.69, 9.17) is 0 Å². The molecule has 1 aliphatic rings. The zero-order valence-corrected chi connectivity index (χ0v) is 11.8. The van der Waals surface area contributed by atoms with E-state index < -0.39 is 0 Å². The van der Waals surface area contributed by atoms with Gasteiger partial charge in [0.2, 0.25) is 0 Å². The second kappa shape index (κ2) is 6.89. The number of unbranched alkanes of at least 4 members (excludes halogenated alkanes) is 1. The van der Waals surface area contributed by atoms with E-state index in [1.165, 1.54) is 49.8 Å². The zero-order valence-electron chi connectivity index (χ0n) is 11.8. The third-order valence-electron chi connectivity index (χ3n) is 4.15. The van der Waals surface area contributed by atoms with Gasteiger partial charge in [0.05, 0.1) is 11.7 Å². The zero-order chi connectivity index (χ0) is 12.8. The molecule has 1 aliphatic carbocycles. The lowest BCUT2D eigenvalue weighted by Crippen LogP contribution is -2.26. The van der Waals surface area contributed by atoms with E-state index in [1.54, 1.807) is 0 Å². The first-order chi connectivity index (χ1) is 8.85. The topological polar surface area (TPSA) is 24.9 Å². The molecule has 1 N–H and O–H groups in total. The van der Waals surface area contributed by atoms with E-state index >= 15 is 0 Å². The summed E-state index contributed by atoms with van der Waals surface area (Å²) < 4.78 is 0. The first-order valence-electron chi connectivity index (χ1n) is 7.52. The monoisotopic (exact) mass is 246 g/mol. The molecule has 1 aromatic rings. The molecule has 0 fully saturated rings. The van der Waals surface area contributed by atoms with Gasteiger partial charge in [0.1, 0.15) is 0 Å². The normalized spacial score (nSPS) is 19.8. The molecule has 0 amide bonds. The van der Waals surface area contributed by atoms with Gasteiger partial charge in [-0.25, -0.2) is 0 Å². The molecule has 1 heterocycles. The van der Waals surface area contributed by atoms with Crippen LogP contribution in [0.5, 0.6) is 0 Å². The number of aryl methyl sites for hydroxylation is 1. The molecule has 0 saturated carbocycles. The highest BCUT2D eigenvalue weighted by atomic mass is 14.9. The van der Waals surface area contributed by atoms with E-state index in [0.717, 1.165) is 12.5 Å². The third kappa shape index (κ3) is 3.32. The number of nitrogens with zero attached hydrogens (tertiary/aromatic N) is 1. The SMILES string of the molecule is CCCCC(CC)CNC1CCc2cccnc21. The van der Waals surface area contributed by atoms with E-state index in [9.17, 15) is 0 Å². The van der Waals surface area contributed by atoms with Crippen LogP contribution in [-0.2, 0) is 6.42 Å². The van der Waals surface area contributed by atoms with Crippen molar-refractivity contribution in [2.45, 2.75) is 58.4 Å². The Balaban J connectivity index is 1.84. The highest BCUT2D eigenvalue weighted by Gasteiger charge is 2.23. The Kier molecular flexibility index (Phi) is 5.18. The summed E-state index contributed by atoms with van der Waals surface area (Å²) in [4.78, 5) is 4.54. The molecule has 2 atom stereocenters. The summed E-state index contributed by atoms with van der Waals surface area (Å²) in [6.45, 7) is 5.73. The Bertz CT molecular complexity index is 362. The molecule has 2 heteroatoms. The van der Waals surface area contributed by atoms with Crippen LogP contribution in [0.4, 0.5) is 0 Å². The molecule has 2 unspecified atom stereocenters. The lowest BCUT2D eigenvalue weighted by Gasteiger charge is -2.19. The van der Waals surface area contributed by atoms with Crippen molar-refractivity contribution in [1.82, 2.24) is 10.3 Å². The summed E-state index contributed by atoms with van der Waals surface area (Å²) in [5, 5.41) is 3.74. The summed E-state index contributed by atoms with van der Waals surface area (Å²) >= 11 is 0. The van der Waals surface area contributed by atoms with Crippen LogP contribution in [0.25, 0.3) is 0 Å². The van der Waals surface area contributed by atoms with Crippen LogP contribution < -0.4 is 5.32 Å². The maximum absolute atomic E-state index is 4.54. The minimum atomic E-state index is 0.497. The van der Waals surface area contributed by atoms with Crippen molar-refractivity contribution in [1.29, 1.82) is 0 Å². The lowest BCUT2D eigenvalue weighted by molar-refractivity contribution is 0.387.